The van der Waals surface area contributed by atoms with Gasteiger partial charge < -0.3 is 10.1 Å². The van der Waals surface area contributed by atoms with E-state index in [4.69, 9.17) is 4.74 Å². The number of nitrogens with one attached hydrogen (secondary N) is 2. The van der Waals surface area contributed by atoms with Crippen LogP contribution >= 0.6 is 11.3 Å². The molecule has 0 aliphatic heterocycles. The molecule has 0 radical (unpaired) electrons. The molecule has 2 N–H and O–H groups in total. The second-order valence-corrected chi connectivity index (χ2v) is 11.4. The van der Waals surface area contributed by atoms with Crippen molar-refractivity contribution in [2.45, 2.75) is 51.2 Å². The van der Waals surface area contributed by atoms with E-state index in [9.17, 15) is 13.2 Å². The maximum Gasteiger partial charge on any atom is 0.324 e. The van der Waals surface area contributed by atoms with Crippen molar-refractivity contribution in [1.29, 1.82) is 0 Å². The fourth-order valence-electron chi connectivity index (χ4n) is 3.14. The molecular weight excluding hydrogens is 420 g/mol. The summed E-state index contributed by atoms with van der Waals surface area (Å²) >= 11 is 1.54. The summed E-state index contributed by atoms with van der Waals surface area (Å²) in [7, 11) is -2.04. The van der Waals surface area contributed by atoms with Crippen LogP contribution in [0.3, 0.4) is 0 Å². The van der Waals surface area contributed by atoms with E-state index < -0.39 is 27.6 Å². The Morgan fingerprint density at radius 3 is 2.20 bits per heavy atom. The summed E-state index contributed by atoms with van der Waals surface area (Å²) in [5, 5.41) is 5.20. The molecule has 0 aliphatic rings. The van der Waals surface area contributed by atoms with Crippen LogP contribution in [-0.4, -0.2) is 33.1 Å². The Balaban J connectivity index is 1.96. The minimum absolute atomic E-state index is 0.129. The number of esters is 1. The van der Waals surface area contributed by atoms with Crippen molar-refractivity contribution < 1.29 is 17.9 Å². The zero-order valence-corrected chi connectivity index (χ0v) is 19.7. The van der Waals surface area contributed by atoms with Gasteiger partial charge in [-0.2, -0.15) is 4.72 Å². The number of fused-ring (bicyclic) bond motifs is 3. The molecule has 0 saturated heterocycles. The van der Waals surface area contributed by atoms with Crippen molar-refractivity contribution in [1.82, 2.24) is 4.72 Å². The molecule has 0 amide bonds. The van der Waals surface area contributed by atoms with E-state index in [1.54, 1.807) is 46.8 Å². The van der Waals surface area contributed by atoms with Gasteiger partial charge in [0.05, 0.1) is 4.90 Å². The lowest BCUT2D eigenvalue weighted by Gasteiger charge is -2.26. The van der Waals surface area contributed by atoms with Crippen molar-refractivity contribution in [3.63, 3.8) is 0 Å². The normalized spacial score (nSPS) is 13.7. The summed E-state index contributed by atoms with van der Waals surface area (Å²) in [5.41, 5.74) is 0.304. The van der Waals surface area contributed by atoms with Crippen molar-refractivity contribution in [2.24, 2.45) is 5.92 Å². The van der Waals surface area contributed by atoms with Crippen molar-refractivity contribution in [2.75, 3.05) is 12.4 Å². The lowest BCUT2D eigenvalue weighted by atomic mass is 10.1. The molecular formula is C22H28N2O4S2. The van der Waals surface area contributed by atoms with E-state index in [1.165, 1.54) is 11.3 Å². The summed E-state index contributed by atoms with van der Waals surface area (Å²) in [6.45, 7) is 8.83. The third kappa shape index (κ3) is 4.77. The Bertz CT molecular complexity index is 1190. The van der Waals surface area contributed by atoms with E-state index >= 15 is 0 Å². The molecule has 3 aromatic rings. The molecule has 8 heteroatoms. The van der Waals surface area contributed by atoms with Crippen LogP contribution in [0.2, 0.25) is 0 Å². The highest BCUT2D eigenvalue weighted by atomic mass is 32.2. The lowest BCUT2D eigenvalue weighted by molar-refractivity contribution is -0.158. The predicted octanol–water partition coefficient (Wildman–Crippen LogP) is 4.74. The van der Waals surface area contributed by atoms with Gasteiger partial charge in [-0.1, -0.05) is 26.0 Å². The third-order valence-corrected chi connectivity index (χ3v) is 7.21. The van der Waals surface area contributed by atoms with Gasteiger partial charge in [0.15, 0.2) is 0 Å². The molecule has 1 unspecified atom stereocenters. The average Bonchev–Trinajstić information content (AvgIpc) is 3.01. The van der Waals surface area contributed by atoms with E-state index in [1.807, 2.05) is 31.3 Å². The highest BCUT2D eigenvalue weighted by Gasteiger charge is 2.32. The minimum Gasteiger partial charge on any atom is -0.459 e. The Labute approximate surface area is 181 Å². The molecule has 1 aromatic heterocycles. The molecule has 0 bridgehead atoms. The van der Waals surface area contributed by atoms with Crippen LogP contribution in [0.5, 0.6) is 0 Å². The van der Waals surface area contributed by atoms with Gasteiger partial charge in [0.25, 0.3) is 0 Å². The lowest BCUT2D eigenvalue weighted by Crippen LogP contribution is -2.47. The van der Waals surface area contributed by atoms with Crippen LogP contribution in [0.25, 0.3) is 20.2 Å². The molecule has 0 saturated carbocycles. The number of carbonyl (C=O) groups is 1. The zero-order valence-electron chi connectivity index (χ0n) is 18.1. The van der Waals surface area contributed by atoms with Gasteiger partial charge in [0.1, 0.15) is 11.6 Å². The Morgan fingerprint density at radius 2 is 1.63 bits per heavy atom. The zero-order chi connectivity index (χ0) is 22.3. The summed E-state index contributed by atoms with van der Waals surface area (Å²) in [6, 6.07) is 10.2. The minimum atomic E-state index is -3.90. The maximum absolute atomic E-state index is 13.1. The number of benzene rings is 2. The van der Waals surface area contributed by atoms with E-state index in [2.05, 4.69) is 10.0 Å². The highest BCUT2D eigenvalue weighted by molar-refractivity contribution is 7.89. The molecule has 1 atom stereocenters. The molecule has 0 aliphatic carbocycles. The van der Waals surface area contributed by atoms with Crippen LogP contribution in [0, 0.1) is 5.92 Å². The van der Waals surface area contributed by atoms with Crippen LogP contribution in [-0.2, 0) is 19.6 Å². The Kier molecular flexibility index (Phi) is 6.13. The van der Waals surface area contributed by atoms with Gasteiger partial charge >= 0.3 is 5.97 Å². The Hall–Kier alpha value is -2.16. The van der Waals surface area contributed by atoms with E-state index in [0.717, 1.165) is 25.9 Å². The van der Waals surface area contributed by atoms with E-state index in [0.29, 0.717) is 0 Å². The number of anilines is 1. The fourth-order valence-corrected chi connectivity index (χ4v) is 5.76. The number of sulfonamides is 1. The van der Waals surface area contributed by atoms with Crippen LogP contribution in [0.4, 0.5) is 5.69 Å². The van der Waals surface area contributed by atoms with Gasteiger partial charge in [-0.25, -0.2) is 8.42 Å². The third-order valence-electron chi connectivity index (χ3n) is 4.65. The van der Waals surface area contributed by atoms with Crippen molar-refractivity contribution >= 4 is 53.2 Å². The average molecular weight is 449 g/mol. The molecule has 6 nitrogen and oxygen atoms in total. The van der Waals surface area contributed by atoms with Gasteiger partial charge in [-0.05, 0) is 51.0 Å². The maximum atomic E-state index is 13.1. The van der Waals surface area contributed by atoms with Crippen molar-refractivity contribution in [3.8, 4) is 0 Å². The number of carbonyl (C=O) groups excluding carboxylic acids is 1. The summed E-state index contributed by atoms with van der Waals surface area (Å²) in [4.78, 5) is 12.7. The molecule has 3 rings (SSSR count). The highest BCUT2D eigenvalue weighted by Crippen LogP contribution is 2.36. The molecule has 162 valence electrons. The number of thiophene rings is 1. The summed E-state index contributed by atoms with van der Waals surface area (Å²) < 4.78 is 36.0. The first kappa shape index (κ1) is 22.5. The topological polar surface area (TPSA) is 84.5 Å². The molecule has 0 spiro atoms. The summed E-state index contributed by atoms with van der Waals surface area (Å²) in [5.74, 6) is -0.841. The largest absolute Gasteiger partial charge is 0.459 e. The van der Waals surface area contributed by atoms with E-state index in [-0.39, 0.29) is 10.8 Å². The first-order chi connectivity index (χ1) is 13.9. The fraction of sp³-hybridized carbons (Fsp3) is 0.409. The van der Waals surface area contributed by atoms with Gasteiger partial charge in [0, 0.05) is 32.9 Å². The van der Waals surface area contributed by atoms with Crippen LogP contribution < -0.4 is 10.0 Å². The SMILES string of the molecule is CNc1ccc2c(c1)sc1cc(S(=O)(=O)NC(C(=O)OC(C)(C)C)C(C)C)ccc12. The second kappa shape index (κ2) is 8.17. The number of hydrogen-bond acceptors (Lipinski definition) is 6. The van der Waals surface area contributed by atoms with Crippen molar-refractivity contribution in [3.05, 3.63) is 36.4 Å². The molecule has 2 aromatic carbocycles. The number of ether oxygens (including phenoxy) is 1. The smallest absolute Gasteiger partial charge is 0.324 e. The van der Waals surface area contributed by atoms with Gasteiger partial charge in [0.2, 0.25) is 10.0 Å². The number of rotatable bonds is 6. The van der Waals surface area contributed by atoms with Crippen LogP contribution in [0.15, 0.2) is 41.3 Å². The molecule has 30 heavy (non-hydrogen) atoms. The molecule has 0 fully saturated rings. The summed E-state index contributed by atoms with van der Waals surface area (Å²) in [6.07, 6.45) is 0. The van der Waals surface area contributed by atoms with Gasteiger partial charge in [-0.15, -0.1) is 11.3 Å². The predicted molar refractivity (Wildman–Crippen MR) is 124 cm³/mol. The Morgan fingerprint density at radius 1 is 1.03 bits per heavy atom. The second-order valence-electron chi connectivity index (χ2n) is 8.60. The first-order valence-corrected chi connectivity index (χ1v) is 12.1. The molecule has 1 heterocycles. The standard InChI is InChI=1S/C22H28N2O4S2/c1-13(2)20(21(25)28-22(3,4)5)24-30(26,27)15-8-10-17-16-9-7-14(23-6)11-18(16)29-19(17)12-15/h7-13,20,23-24H,1-6H3. The monoisotopic (exact) mass is 448 g/mol. The number of hydrogen-bond donors (Lipinski definition) is 2. The first-order valence-electron chi connectivity index (χ1n) is 9.80. The van der Waals surface area contributed by atoms with Crippen LogP contribution in [0.1, 0.15) is 34.6 Å². The quantitative estimate of drug-likeness (QED) is 0.532. The van der Waals surface area contributed by atoms with Gasteiger partial charge in [-0.3, -0.25) is 4.79 Å².